The summed E-state index contributed by atoms with van der Waals surface area (Å²) in [5.74, 6) is -0.675. The third-order valence-electron chi connectivity index (χ3n) is 3.55. The molecule has 3 aromatic carbocycles. The van der Waals surface area contributed by atoms with Gasteiger partial charge in [0.2, 0.25) is 0 Å². The third kappa shape index (κ3) is 4.63. The van der Waals surface area contributed by atoms with Crippen molar-refractivity contribution in [3.8, 4) is 0 Å². The first-order valence-corrected chi connectivity index (χ1v) is 10.7. The van der Waals surface area contributed by atoms with E-state index >= 15 is 0 Å². The SMILES string of the molecule is O=S(=O)(Nc1ccccc1)c1ccc(NS(=O)(=O)c2cccc(F)c2)cc1. The molecule has 0 aliphatic rings. The number of sulfonamides is 2. The van der Waals surface area contributed by atoms with Gasteiger partial charge in [0.1, 0.15) is 5.82 Å². The molecule has 0 fully saturated rings. The minimum Gasteiger partial charge on any atom is -0.280 e. The molecule has 0 spiro atoms. The van der Waals surface area contributed by atoms with E-state index in [1.807, 2.05) is 0 Å². The maximum absolute atomic E-state index is 13.2. The van der Waals surface area contributed by atoms with Gasteiger partial charge in [0.15, 0.2) is 0 Å². The second-order valence-electron chi connectivity index (χ2n) is 5.56. The molecule has 0 amide bonds. The molecule has 0 atom stereocenters. The Hall–Kier alpha value is -2.91. The van der Waals surface area contributed by atoms with Crippen molar-refractivity contribution in [2.24, 2.45) is 0 Å². The zero-order valence-electron chi connectivity index (χ0n) is 13.8. The van der Waals surface area contributed by atoms with Crippen LogP contribution >= 0.6 is 0 Å². The Balaban J connectivity index is 1.79. The number of nitrogens with one attached hydrogen (secondary N) is 2. The van der Waals surface area contributed by atoms with Gasteiger partial charge in [-0.3, -0.25) is 9.44 Å². The fraction of sp³-hybridized carbons (Fsp3) is 0. The van der Waals surface area contributed by atoms with E-state index < -0.39 is 25.9 Å². The summed E-state index contributed by atoms with van der Waals surface area (Å²) in [4.78, 5) is -0.259. The molecular weight excluding hydrogens is 391 g/mol. The zero-order valence-corrected chi connectivity index (χ0v) is 15.5. The van der Waals surface area contributed by atoms with Gasteiger partial charge < -0.3 is 0 Å². The summed E-state index contributed by atoms with van der Waals surface area (Å²) in [5, 5.41) is 0. The summed E-state index contributed by atoms with van der Waals surface area (Å²) < 4.78 is 67.2. The molecule has 0 aliphatic heterocycles. The zero-order chi connectivity index (χ0) is 19.5. The van der Waals surface area contributed by atoms with Crippen LogP contribution in [0, 0.1) is 5.82 Å². The van der Waals surface area contributed by atoms with Gasteiger partial charge in [-0.05, 0) is 54.6 Å². The van der Waals surface area contributed by atoms with E-state index in [0.29, 0.717) is 5.69 Å². The lowest BCUT2D eigenvalue weighted by Crippen LogP contribution is -2.14. The summed E-state index contributed by atoms with van der Waals surface area (Å²) in [6.45, 7) is 0. The molecule has 0 unspecified atom stereocenters. The summed E-state index contributed by atoms with van der Waals surface area (Å²) in [7, 11) is -7.80. The summed E-state index contributed by atoms with van der Waals surface area (Å²) in [5.41, 5.74) is 0.561. The molecule has 0 saturated heterocycles. The van der Waals surface area contributed by atoms with E-state index in [-0.39, 0.29) is 15.5 Å². The third-order valence-corrected chi connectivity index (χ3v) is 6.33. The fourth-order valence-electron chi connectivity index (χ4n) is 2.27. The number of hydrogen-bond acceptors (Lipinski definition) is 4. The average molecular weight is 406 g/mol. The highest BCUT2D eigenvalue weighted by Crippen LogP contribution is 2.20. The summed E-state index contributed by atoms with van der Waals surface area (Å²) in [6, 6.07) is 18.1. The van der Waals surface area contributed by atoms with Gasteiger partial charge in [-0.25, -0.2) is 21.2 Å². The molecule has 140 valence electrons. The average Bonchev–Trinajstić information content (AvgIpc) is 2.62. The molecule has 6 nitrogen and oxygen atoms in total. The van der Waals surface area contributed by atoms with Crippen LogP contribution in [0.15, 0.2) is 88.7 Å². The Labute approximate surface area is 156 Å². The van der Waals surface area contributed by atoms with Gasteiger partial charge >= 0.3 is 0 Å². The van der Waals surface area contributed by atoms with Gasteiger partial charge in [0, 0.05) is 11.4 Å². The van der Waals surface area contributed by atoms with Crippen molar-refractivity contribution in [1.29, 1.82) is 0 Å². The van der Waals surface area contributed by atoms with Crippen LogP contribution in [-0.2, 0) is 20.0 Å². The van der Waals surface area contributed by atoms with Crippen LogP contribution < -0.4 is 9.44 Å². The Morgan fingerprint density at radius 2 is 1.15 bits per heavy atom. The molecular formula is C18H15FN2O4S2. The van der Waals surface area contributed by atoms with Gasteiger partial charge in [0.05, 0.1) is 9.79 Å². The maximum atomic E-state index is 13.2. The lowest BCUT2D eigenvalue weighted by Gasteiger charge is -2.10. The number of rotatable bonds is 6. The van der Waals surface area contributed by atoms with E-state index in [1.54, 1.807) is 30.3 Å². The van der Waals surface area contributed by atoms with E-state index in [0.717, 1.165) is 12.1 Å². The molecule has 0 saturated carbocycles. The van der Waals surface area contributed by atoms with Crippen molar-refractivity contribution in [1.82, 2.24) is 0 Å². The van der Waals surface area contributed by atoms with Crippen molar-refractivity contribution in [3.05, 3.63) is 84.7 Å². The lowest BCUT2D eigenvalue weighted by atomic mass is 10.3. The number of para-hydroxylation sites is 1. The molecule has 2 N–H and O–H groups in total. The largest absolute Gasteiger partial charge is 0.280 e. The Morgan fingerprint density at radius 1 is 0.593 bits per heavy atom. The van der Waals surface area contributed by atoms with Gasteiger partial charge in [-0.15, -0.1) is 0 Å². The first-order chi connectivity index (χ1) is 12.8. The van der Waals surface area contributed by atoms with Gasteiger partial charge in [-0.2, -0.15) is 0 Å². The molecule has 3 rings (SSSR count). The van der Waals surface area contributed by atoms with Crippen molar-refractivity contribution in [3.63, 3.8) is 0 Å². The van der Waals surface area contributed by atoms with Crippen LogP contribution in [0.4, 0.5) is 15.8 Å². The first-order valence-electron chi connectivity index (χ1n) is 7.73. The molecule has 3 aromatic rings. The summed E-state index contributed by atoms with van der Waals surface area (Å²) >= 11 is 0. The number of benzene rings is 3. The second kappa shape index (κ2) is 7.37. The second-order valence-corrected chi connectivity index (χ2v) is 8.92. The van der Waals surface area contributed by atoms with E-state index in [4.69, 9.17) is 0 Å². The van der Waals surface area contributed by atoms with Crippen LogP contribution in [0.1, 0.15) is 0 Å². The Morgan fingerprint density at radius 3 is 1.74 bits per heavy atom. The predicted molar refractivity (Wildman–Crippen MR) is 101 cm³/mol. The Kier molecular flexibility index (Phi) is 5.15. The quantitative estimate of drug-likeness (QED) is 0.656. The topological polar surface area (TPSA) is 92.3 Å². The predicted octanol–water partition coefficient (Wildman–Crippen LogP) is 3.43. The highest BCUT2D eigenvalue weighted by molar-refractivity contribution is 7.93. The van der Waals surface area contributed by atoms with E-state index in [9.17, 15) is 21.2 Å². The fourth-order valence-corrected chi connectivity index (χ4v) is 4.42. The molecule has 0 radical (unpaired) electrons. The molecule has 9 heteroatoms. The summed E-state index contributed by atoms with van der Waals surface area (Å²) in [6.07, 6.45) is 0. The lowest BCUT2D eigenvalue weighted by molar-refractivity contribution is 0.595. The minimum absolute atomic E-state index is 0.0277. The molecule has 0 bridgehead atoms. The van der Waals surface area contributed by atoms with Crippen molar-refractivity contribution >= 4 is 31.4 Å². The van der Waals surface area contributed by atoms with Crippen LogP contribution in [0.25, 0.3) is 0 Å². The van der Waals surface area contributed by atoms with Crippen LogP contribution in [0.5, 0.6) is 0 Å². The van der Waals surface area contributed by atoms with E-state index in [1.165, 1.54) is 36.4 Å². The van der Waals surface area contributed by atoms with Crippen LogP contribution in [0.2, 0.25) is 0 Å². The minimum atomic E-state index is -3.99. The highest BCUT2D eigenvalue weighted by atomic mass is 32.2. The molecule has 0 heterocycles. The highest BCUT2D eigenvalue weighted by Gasteiger charge is 2.17. The molecule has 27 heavy (non-hydrogen) atoms. The van der Waals surface area contributed by atoms with Gasteiger partial charge in [-0.1, -0.05) is 24.3 Å². The monoisotopic (exact) mass is 406 g/mol. The molecule has 0 aromatic heterocycles. The van der Waals surface area contributed by atoms with Crippen LogP contribution in [-0.4, -0.2) is 16.8 Å². The standard InChI is InChI=1S/C18H15FN2O4S2/c19-14-5-4-8-18(13-14)27(24,25)21-16-9-11-17(12-10-16)26(22,23)20-15-6-2-1-3-7-15/h1-13,20-21H. The number of hydrogen-bond donors (Lipinski definition) is 2. The first kappa shape index (κ1) is 18.9. The van der Waals surface area contributed by atoms with Crippen LogP contribution in [0.3, 0.4) is 0 Å². The normalized spacial score (nSPS) is 11.7. The maximum Gasteiger partial charge on any atom is 0.261 e. The van der Waals surface area contributed by atoms with Crippen molar-refractivity contribution in [2.45, 2.75) is 9.79 Å². The number of halogens is 1. The number of anilines is 2. The van der Waals surface area contributed by atoms with Crippen molar-refractivity contribution < 1.29 is 21.2 Å². The van der Waals surface area contributed by atoms with Crippen molar-refractivity contribution in [2.75, 3.05) is 9.44 Å². The van der Waals surface area contributed by atoms with Gasteiger partial charge in [0.25, 0.3) is 20.0 Å². The van der Waals surface area contributed by atoms with E-state index in [2.05, 4.69) is 9.44 Å². The smallest absolute Gasteiger partial charge is 0.261 e. The molecule has 0 aliphatic carbocycles. The Bertz CT molecular complexity index is 1150.